The molecule has 2 atom stereocenters. The molecule has 0 aliphatic carbocycles. The number of hydrogen-bond acceptors (Lipinski definition) is 2. The predicted octanol–water partition coefficient (Wildman–Crippen LogP) is 3.57. The third-order valence-electron chi connectivity index (χ3n) is 4.30. The fraction of sp³-hybridized carbons (Fsp3) is 0.600. The van der Waals surface area contributed by atoms with Crippen molar-refractivity contribution in [1.29, 1.82) is 0 Å². The van der Waals surface area contributed by atoms with Crippen LogP contribution in [0.5, 0.6) is 0 Å². The van der Waals surface area contributed by atoms with Gasteiger partial charge in [-0.15, -0.1) is 0 Å². The molecular formula is C15H22BrNO. The van der Waals surface area contributed by atoms with Crippen LogP contribution in [0.3, 0.4) is 0 Å². The van der Waals surface area contributed by atoms with Gasteiger partial charge in [0.1, 0.15) is 0 Å². The number of ether oxygens (including phenoxy) is 1. The molecule has 2 rings (SSSR count). The summed E-state index contributed by atoms with van der Waals surface area (Å²) in [5.41, 5.74) is 1.71. The highest BCUT2D eigenvalue weighted by molar-refractivity contribution is 9.10. The zero-order chi connectivity index (χ0) is 13.0. The molecule has 1 aromatic carbocycles. The van der Waals surface area contributed by atoms with Crippen LogP contribution in [0.25, 0.3) is 0 Å². The summed E-state index contributed by atoms with van der Waals surface area (Å²) in [6.45, 7) is 5.30. The molecule has 0 radical (unpaired) electrons. The maximum atomic E-state index is 5.51. The second-order valence-corrected chi connectivity index (χ2v) is 6.12. The van der Waals surface area contributed by atoms with E-state index in [9.17, 15) is 0 Å². The largest absolute Gasteiger partial charge is 0.384 e. The molecule has 0 saturated carbocycles. The van der Waals surface area contributed by atoms with Crippen LogP contribution in [0, 0.1) is 5.41 Å². The van der Waals surface area contributed by atoms with Gasteiger partial charge in [-0.05, 0) is 37.1 Å². The molecule has 1 saturated heterocycles. The van der Waals surface area contributed by atoms with Gasteiger partial charge in [-0.2, -0.15) is 0 Å². The number of hydrogen-bond donors (Lipinski definition) is 1. The molecule has 1 N–H and O–H groups in total. The summed E-state index contributed by atoms with van der Waals surface area (Å²) in [5.74, 6) is 0.546. The van der Waals surface area contributed by atoms with E-state index < -0.39 is 0 Å². The average molecular weight is 312 g/mol. The maximum Gasteiger partial charge on any atom is 0.0525 e. The lowest BCUT2D eigenvalue weighted by Gasteiger charge is -2.44. The van der Waals surface area contributed by atoms with E-state index in [2.05, 4.69) is 52.4 Å². The number of benzene rings is 1. The summed E-state index contributed by atoms with van der Waals surface area (Å²) in [6, 6.07) is 8.75. The lowest BCUT2D eigenvalue weighted by Crippen LogP contribution is -2.45. The Morgan fingerprint density at radius 1 is 1.39 bits per heavy atom. The van der Waals surface area contributed by atoms with Gasteiger partial charge in [0.2, 0.25) is 0 Å². The second-order valence-electron chi connectivity index (χ2n) is 5.21. The van der Waals surface area contributed by atoms with Crippen LogP contribution < -0.4 is 5.32 Å². The minimum atomic E-state index is 0.286. The number of piperidine rings is 1. The van der Waals surface area contributed by atoms with Gasteiger partial charge in [-0.25, -0.2) is 0 Å². The topological polar surface area (TPSA) is 21.3 Å². The highest BCUT2D eigenvalue weighted by atomic mass is 79.9. The fourth-order valence-corrected chi connectivity index (χ4v) is 3.39. The Kier molecular flexibility index (Phi) is 4.82. The number of nitrogens with one attached hydrogen (secondary N) is 1. The van der Waals surface area contributed by atoms with E-state index in [4.69, 9.17) is 4.74 Å². The molecule has 0 aromatic heterocycles. The van der Waals surface area contributed by atoms with Crippen LogP contribution in [-0.2, 0) is 4.74 Å². The highest BCUT2D eigenvalue weighted by Crippen LogP contribution is 2.43. The molecular weight excluding hydrogens is 290 g/mol. The van der Waals surface area contributed by atoms with Gasteiger partial charge >= 0.3 is 0 Å². The lowest BCUT2D eigenvalue weighted by molar-refractivity contribution is 0.0332. The first kappa shape index (κ1) is 14.0. The van der Waals surface area contributed by atoms with Crippen LogP contribution >= 0.6 is 15.9 Å². The first-order valence-corrected chi connectivity index (χ1v) is 7.46. The number of methoxy groups -OCH3 is 1. The SMILES string of the molecule is CCC1(COC)CCNCC1c1ccc(Br)cc1. The number of halogens is 1. The Morgan fingerprint density at radius 2 is 2.11 bits per heavy atom. The van der Waals surface area contributed by atoms with Crippen molar-refractivity contribution in [1.82, 2.24) is 5.32 Å². The van der Waals surface area contributed by atoms with E-state index >= 15 is 0 Å². The smallest absolute Gasteiger partial charge is 0.0525 e. The van der Waals surface area contributed by atoms with E-state index in [1.54, 1.807) is 0 Å². The summed E-state index contributed by atoms with van der Waals surface area (Å²) in [7, 11) is 1.82. The van der Waals surface area contributed by atoms with Gasteiger partial charge in [0.25, 0.3) is 0 Å². The molecule has 0 spiro atoms. The van der Waals surface area contributed by atoms with E-state index in [0.29, 0.717) is 5.92 Å². The summed E-state index contributed by atoms with van der Waals surface area (Å²) in [5, 5.41) is 3.53. The first-order chi connectivity index (χ1) is 8.72. The molecule has 1 heterocycles. The van der Waals surface area contributed by atoms with Crippen molar-refractivity contribution in [3.8, 4) is 0 Å². The zero-order valence-electron chi connectivity index (χ0n) is 11.2. The maximum absolute atomic E-state index is 5.51. The lowest BCUT2D eigenvalue weighted by atomic mass is 9.67. The predicted molar refractivity (Wildman–Crippen MR) is 79.0 cm³/mol. The van der Waals surface area contributed by atoms with Gasteiger partial charge in [0.15, 0.2) is 0 Å². The van der Waals surface area contributed by atoms with Crippen LogP contribution in [0.2, 0.25) is 0 Å². The molecule has 2 nitrogen and oxygen atoms in total. The van der Waals surface area contributed by atoms with E-state index in [1.807, 2.05) is 7.11 Å². The van der Waals surface area contributed by atoms with Crippen molar-refractivity contribution >= 4 is 15.9 Å². The van der Waals surface area contributed by atoms with E-state index in [-0.39, 0.29) is 5.41 Å². The quantitative estimate of drug-likeness (QED) is 0.918. The summed E-state index contributed by atoms with van der Waals surface area (Å²) >= 11 is 3.51. The Morgan fingerprint density at radius 3 is 2.72 bits per heavy atom. The Labute approximate surface area is 118 Å². The molecule has 3 heteroatoms. The third kappa shape index (κ3) is 2.79. The molecule has 100 valence electrons. The van der Waals surface area contributed by atoms with Crippen LogP contribution in [0.4, 0.5) is 0 Å². The normalized spacial score (nSPS) is 28.3. The van der Waals surface area contributed by atoms with Gasteiger partial charge in [0, 0.05) is 29.5 Å². The van der Waals surface area contributed by atoms with E-state index in [1.165, 1.54) is 18.4 Å². The molecule has 0 amide bonds. The first-order valence-electron chi connectivity index (χ1n) is 6.67. The molecule has 1 aliphatic heterocycles. The van der Waals surface area contributed by atoms with Crippen LogP contribution in [-0.4, -0.2) is 26.8 Å². The van der Waals surface area contributed by atoms with Crippen molar-refractivity contribution in [3.05, 3.63) is 34.3 Å². The van der Waals surface area contributed by atoms with Gasteiger partial charge in [-0.3, -0.25) is 0 Å². The van der Waals surface area contributed by atoms with Crippen molar-refractivity contribution in [2.75, 3.05) is 26.8 Å². The van der Waals surface area contributed by atoms with Gasteiger partial charge in [0.05, 0.1) is 6.61 Å². The standard InChI is InChI=1S/C15H22BrNO/c1-3-15(11-18-2)8-9-17-10-14(15)12-4-6-13(16)7-5-12/h4-7,14,17H,3,8-11H2,1-2H3. The second kappa shape index (κ2) is 6.18. The van der Waals surface area contributed by atoms with Crippen molar-refractivity contribution in [3.63, 3.8) is 0 Å². The minimum absolute atomic E-state index is 0.286. The Balaban J connectivity index is 2.29. The molecule has 18 heavy (non-hydrogen) atoms. The monoisotopic (exact) mass is 311 g/mol. The average Bonchev–Trinajstić information content (AvgIpc) is 2.41. The molecule has 1 aliphatic rings. The Hall–Kier alpha value is -0.380. The van der Waals surface area contributed by atoms with Crippen LogP contribution in [0.15, 0.2) is 28.7 Å². The zero-order valence-corrected chi connectivity index (χ0v) is 12.8. The highest BCUT2D eigenvalue weighted by Gasteiger charge is 2.40. The van der Waals surface area contributed by atoms with Gasteiger partial charge < -0.3 is 10.1 Å². The minimum Gasteiger partial charge on any atom is -0.384 e. The summed E-state index contributed by atoms with van der Waals surface area (Å²) in [4.78, 5) is 0. The van der Waals surface area contributed by atoms with Crippen LogP contribution in [0.1, 0.15) is 31.2 Å². The Bertz CT molecular complexity index is 375. The molecule has 2 unspecified atom stereocenters. The van der Waals surface area contributed by atoms with Crippen molar-refractivity contribution < 1.29 is 4.74 Å². The van der Waals surface area contributed by atoms with Crippen molar-refractivity contribution in [2.45, 2.75) is 25.7 Å². The van der Waals surface area contributed by atoms with Gasteiger partial charge in [-0.1, -0.05) is 35.0 Å². The molecule has 1 aromatic rings. The fourth-order valence-electron chi connectivity index (χ4n) is 3.13. The molecule has 1 fully saturated rings. The third-order valence-corrected chi connectivity index (χ3v) is 4.82. The number of rotatable bonds is 4. The molecule has 0 bridgehead atoms. The summed E-state index contributed by atoms with van der Waals surface area (Å²) in [6.07, 6.45) is 2.36. The van der Waals surface area contributed by atoms with E-state index in [0.717, 1.165) is 24.2 Å². The van der Waals surface area contributed by atoms with Crippen molar-refractivity contribution in [2.24, 2.45) is 5.41 Å². The summed E-state index contributed by atoms with van der Waals surface area (Å²) < 4.78 is 6.66.